The fourth-order valence-corrected chi connectivity index (χ4v) is 4.06. The maximum absolute atomic E-state index is 13.1. The summed E-state index contributed by atoms with van der Waals surface area (Å²) < 4.78 is 45.1. The first kappa shape index (κ1) is 19.8. The van der Waals surface area contributed by atoms with Crippen molar-refractivity contribution in [2.24, 2.45) is 5.10 Å². The molecule has 29 heavy (non-hydrogen) atoms. The van der Waals surface area contributed by atoms with Crippen LogP contribution in [0, 0.1) is 0 Å². The largest absolute Gasteiger partial charge is 0.490 e. The molecule has 0 aliphatic carbocycles. The summed E-state index contributed by atoms with van der Waals surface area (Å²) in [6.45, 7) is 3.30. The molecule has 1 atom stereocenters. The highest BCUT2D eigenvalue weighted by molar-refractivity contribution is 8.15. The second-order valence-electron chi connectivity index (χ2n) is 6.88. The van der Waals surface area contributed by atoms with E-state index >= 15 is 0 Å². The third-order valence-corrected chi connectivity index (χ3v) is 5.74. The summed E-state index contributed by atoms with van der Waals surface area (Å²) in [7, 11) is 0. The number of para-hydroxylation sites is 1. The first-order valence-corrected chi connectivity index (χ1v) is 10.2. The van der Waals surface area contributed by atoms with Gasteiger partial charge in [-0.15, -0.1) is 10.2 Å². The van der Waals surface area contributed by atoms with Crippen molar-refractivity contribution in [1.82, 2.24) is 15.6 Å². The van der Waals surface area contributed by atoms with Crippen molar-refractivity contribution in [3.8, 4) is 5.75 Å². The Morgan fingerprint density at radius 2 is 1.86 bits per heavy atom. The predicted molar refractivity (Wildman–Crippen MR) is 106 cm³/mol. The van der Waals surface area contributed by atoms with Crippen LogP contribution in [0.15, 0.2) is 41.5 Å². The molecule has 1 fully saturated rings. The zero-order valence-electron chi connectivity index (χ0n) is 15.7. The summed E-state index contributed by atoms with van der Waals surface area (Å²) >= 11 is 1.59. The van der Waals surface area contributed by atoms with Crippen LogP contribution in [0.1, 0.15) is 31.0 Å². The van der Waals surface area contributed by atoms with E-state index in [1.54, 1.807) is 17.8 Å². The van der Waals surface area contributed by atoms with E-state index in [9.17, 15) is 13.2 Å². The number of rotatable bonds is 4. The maximum Gasteiger partial charge on any atom is 0.419 e. The van der Waals surface area contributed by atoms with E-state index in [0.29, 0.717) is 25.9 Å². The van der Waals surface area contributed by atoms with Crippen molar-refractivity contribution < 1.29 is 17.9 Å². The number of hydrogen-bond acceptors (Lipinski definition) is 7. The van der Waals surface area contributed by atoms with Crippen molar-refractivity contribution in [3.05, 3.63) is 47.7 Å². The van der Waals surface area contributed by atoms with Crippen molar-refractivity contribution in [3.63, 3.8) is 0 Å². The van der Waals surface area contributed by atoms with E-state index in [0.717, 1.165) is 22.6 Å². The highest BCUT2D eigenvalue weighted by Gasteiger charge is 2.35. The van der Waals surface area contributed by atoms with Crippen LogP contribution >= 0.6 is 11.8 Å². The van der Waals surface area contributed by atoms with Gasteiger partial charge in [0, 0.05) is 25.9 Å². The number of piperidine rings is 1. The molecule has 2 aliphatic heterocycles. The summed E-state index contributed by atoms with van der Waals surface area (Å²) in [5.41, 5.74) is 2.96. The number of ether oxygens (including phenoxy) is 1. The van der Waals surface area contributed by atoms with Gasteiger partial charge in [-0.25, -0.2) is 0 Å². The number of anilines is 1. The molecular weight excluding hydrogens is 403 g/mol. The van der Waals surface area contributed by atoms with Crippen molar-refractivity contribution in [2.75, 3.05) is 18.0 Å². The van der Waals surface area contributed by atoms with Gasteiger partial charge in [-0.2, -0.15) is 18.3 Å². The monoisotopic (exact) mass is 423 g/mol. The molecule has 10 heteroatoms. The Kier molecular flexibility index (Phi) is 5.53. The van der Waals surface area contributed by atoms with Gasteiger partial charge < -0.3 is 9.64 Å². The normalized spacial score (nSPS) is 20.3. The Morgan fingerprint density at radius 1 is 1.10 bits per heavy atom. The van der Waals surface area contributed by atoms with Crippen LogP contribution in [-0.4, -0.2) is 39.8 Å². The fourth-order valence-electron chi connectivity index (χ4n) is 3.28. The minimum absolute atomic E-state index is 0.111. The molecule has 3 heterocycles. The fraction of sp³-hybridized carbons (Fsp3) is 0.421. The van der Waals surface area contributed by atoms with Gasteiger partial charge >= 0.3 is 6.18 Å². The molecule has 0 bridgehead atoms. The Morgan fingerprint density at radius 3 is 2.48 bits per heavy atom. The highest BCUT2D eigenvalue weighted by atomic mass is 32.2. The summed E-state index contributed by atoms with van der Waals surface area (Å²) in [4.78, 5) is 2.07. The first-order valence-electron chi connectivity index (χ1n) is 9.32. The lowest BCUT2D eigenvalue weighted by atomic mass is 10.1. The van der Waals surface area contributed by atoms with Gasteiger partial charge in [-0.3, -0.25) is 5.43 Å². The molecule has 1 unspecified atom stereocenters. The lowest BCUT2D eigenvalue weighted by Crippen LogP contribution is -2.39. The minimum atomic E-state index is -4.43. The summed E-state index contributed by atoms with van der Waals surface area (Å²) in [5.74, 6) is 0.632. The van der Waals surface area contributed by atoms with Gasteiger partial charge in [0.05, 0.1) is 10.9 Å². The molecule has 0 spiro atoms. The van der Waals surface area contributed by atoms with E-state index in [1.165, 1.54) is 12.1 Å². The van der Waals surface area contributed by atoms with Crippen molar-refractivity contribution in [2.45, 2.75) is 37.4 Å². The number of nitrogens with zero attached hydrogens (tertiary/aromatic N) is 4. The highest BCUT2D eigenvalue weighted by Crippen LogP contribution is 2.37. The molecule has 1 aromatic heterocycles. The molecule has 0 radical (unpaired) electrons. The van der Waals surface area contributed by atoms with E-state index in [4.69, 9.17) is 4.74 Å². The van der Waals surface area contributed by atoms with Gasteiger partial charge in [0.15, 0.2) is 5.82 Å². The molecule has 6 nitrogen and oxygen atoms in total. The van der Waals surface area contributed by atoms with Gasteiger partial charge in [-0.1, -0.05) is 23.9 Å². The number of halogens is 3. The number of alkyl halides is 3. The molecule has 2 aliphatic rings. The standard InChI is InChI=1S/C19H20F3N5OS/c1-12-23-26-18(29-12)15-6-7-17(25-24-15)27-10-8-13(9-11-27)28-16-5-3-2-4-14(16)19(20,21)22/h2-7,12-13,23H,8-11H2,1H3. The van der Waals surface area contributed by atoms with Crippen LogP contribution in [0.25, 0.3) is 0 Å². The van der Waals surface area contributed by atoms with Crippen LogP contribution < -0.4 is 15.1 Å². The summed E-state index contributed by atoms with van der Waals surface area (Å²) in [5, 5.41) is 13.8. The van der Waals surface area contributed by atoms with E-state index in [-0.39, 0.29) is 17.2 Å². The third-order valence-electron chi connectivity index (χ3n) is 4.76. The molecule has 1 aromatic carbocycles. The molecular formula is C19H20F3N5OS. The SMILES string of the molecule is CC1NN=C(c2ccc(N3CCC(Oc4ccccc4C(F)(F)F)CC3)nn2)S1. The van der Waals surface area contributed by atoms with Gasteiger partial charge in [0.2, 0.25) is 0 Å². The Balaban J connectivity index is 1.35. The maximum atomic E-state index is 13.1. The zero-order valence-corrected chi connectivity index (χ0v) is 16.5. The zero-order chi connectivity index (χ0) is 20.4. The predicted octanol–water partition coefficient (Wildman–Crippen LogP) is 3.89. The molecule has 2 aromatic rings. The molecule has 1 saturated heterocycles. The summed E-state index contributed by atoms with van der Waals surface area (Å²) in [6, 6.07) is 9.13. The Labute approximate surface area is 170 Å². The second-order valence-corrected chi connectivity index (χ2v) is 8.21. The van der Waals surface area contributed by atoms with Gasteiger partial charge in [0.25, 0.3) is 0 Å². The smallest absolute Gasteiger partial charge is 0.419 e. The molecule has 0 amide bonds. The van der Waals surface area contributed by atoms with Crippen molar-refractivity contribution in [1.29, 1.82) is 0 Å². The number of benzene rings is 1. The lowest BCUT2D eigenvalue weighted by Gasteiger charge is -2.33. The number of nitrogens with one attached hydrogen (secondary N) is 1. The first-order chi connectivity index (χ1) is 13.9. The number of hydrazone groups is 1. The average Bonchev–Trinajstić information content (AvgIpc) is 3.15. The third kappa shape index (κ3) is 4.58. The van der Waals surface area contributed by atoms with E-state index in [2.05, 4.69) is 25.6 Å². The molecule has 4 rings (SSSR count). The molecule has 1 N–H and O–H groups in total. The average molecular weight is 423 g/mol. The van der Waals surface area contributed by atoms with Crippen LogP contribution in [-0.2, 0) is 6.18 Å². The number of aromatic nitrogens is 2. The van der Waals surface area contributed by atoms with E-state index in [1.807, 2.05) is 19.1 Å². The van der Waals surface area contributed by atoms with Gasteiger partial charge in [0.1, 0.15) is 22.6 Å². The van der Waals surface area contributed by atoms with Gasteiger partial charge in [-0.05, 0) is 31.2 Å². The Bertz CT molecular complexity index is 882. The molecule has 0 saturated carbocycles. The Hall–Kier alpha value is -2.49. The lowest BCUT2D eigenvalue weighted by molar-refractivity contribution is -0.139. The van der Waals surface area contributed by atoms with Crippen LogP contribution in [0.3, 0.4) is 0 Å². The van der Waals surface area contributed by atoms with Crippen LogP contribution in [0.4, 0.5) is 19.0 Å². The molecule has 154 valence electrons. The topological polar surface area (TPSA) is 62.6 Å². The minimum Gasteiger partial charge on any atom is -0.490 e. The van der Waals surface area contributed by atoms with Crippen LogP contribution in [0.5, 0.6) is 5.75 Å². The quantitative estimate of drug-likeness (QED) is 0.805. The summed E-state index contributed by atoms with van der Waals surface area (Å²) in [6.07, 6.45) is -3.47. The van der Waals surface area contributed by atoms with Crippen LogP contribution in [0.2, 0.25) is 0 Å². The number of thioether (sulfide) groups is 1. The number of hydrogen-bond donors (Lipinski definition) is 1. The van der Waals surface area contributed by atoms with E-state index < -0.39 is 11.7 Å². The van der Waals surface area contributed by atoms with Crippen molar-refractivity contribution >= 4 is 22.6 Å². The second kappa shape index (κ2) is 8.10.